The van der Waals surface area contributed by atoms with Gasteiger partial charge in [0.15, 0.2) is 0 Å². The fourth-order valence-electron chi connectivity index (χ4n) is 2.26. The van der Waals surface area contributed by atoms with E-state index in [2.05, 4.69) is 11.8 Å². The number of urea groups is 1. The summed E-state index contributed by atoms with van der Waals surface area (Å²) in [4.78, 5) is 15.5. The molecule has 21 heavy (non-hydrogen) atoms. The predicted molar refractivity (Wildman–Crippen MR) is 80.0 cm³/mol. The van der Waals surface area contributed by atoms with Crippen LogP contribution in [0.5, 0.6) is 5.75 Å². The summed E-state index contributed by atoms with van der Waals surface area (Å²) in [5, 5.41) is 8.75. The summed E-state index contributed by atoms with van der Waals surface area (Å²) in [5.41, 5.74) is 1.80. The fraction of sp³-hybridized carbons (Fsp3) is 0.438. The topological polar surface area (TPSA) is 53.0 Å². The number of hydrogen-bond donors (Lipinski definition) is 1. The summed E-state index contributed by atoms with van der Waals surface area (Å²) in [6.45, 7) is 2.04. The van der Waals surface area contributed by atoms with Crippen LogP contribution in [0, 0.1) is 11.8 Å². The zero-order valence-corrected chi connectivity index (χ0v) is 12.4. The summed E-state index contributed by atoms with van der Waals surface area (Å²) in [6.07, 6.45) is 0.455. The van der Waals surface area contributed by atoms with E-state index >= 15 is 0 Å². The number of likely N-dealkylation sites (N-methyl/N-ethyl adjacent to an activating group) is 1. The molecule has 112 valence electrons. The number of aliphatic hydroxyl groups excluding tert-OH is 1. The third-order valence-electron chi connectivity index (χ3n) is 3.41. The Labute approximate surface area is 125 Å². The van der Waals surface area contributed by atoms with Crippen LogP contribution < -0.4 is 4.74 Å². The molecular formula is C16H20N2O3. The Bertz CT molecular complexity index is 575. The van der Waals surface area contributed by atoms with Crippen LogP contribution in [0.1, 0.15) is 17.5 Å². The van der Waals surface area contributed by atoms with Gasteiger partial charge in [-0.1, -0.05) is 11.8 Å². The fourth-order valence-corrected chi connectivity index (χ4v) is 2.26. The molecule has 1 aliphatic rings. The van der Waals surface area contributed by atoms with E-state index in [0.29, 0.717) is 13.0 Å². The number of nitrogens with zero attached hydrogens (tertiary/aromatic N) is 2. The van der Waals surface area contributed by atoms with Gasteiger partial charge in [-0.15, -0.1) is 0 Å². The second kappa shape index (κ2) is 7.00. The number of ether oxygens (including phenoxy) is 1. The van der Waals surface area contributed by atoms with Crippen LogP contribution in [-0.2, 0) is 6.54 Å². The molecule has 1 aliphatic heterocycles. The average Bonchev–Trinajstić information content (AvgIpc) is 2.80. The average molecular weight is 288 g/mol. The number of carbonyl (C=O) groups excluding carboxylic acids is 1. The Morgan fingerprint density at radius 1 is 1.38 bits per heavy atom. The largest absolute Gasteiger partial charge is 0.496 e. The zero-order chi connectivity index (χ0) is 15.2. The Morgan fingerprint density at radius 2 is 2.19 bits per heavy atom. The van der Waals surface area contributed by atoms with E-state index in [0.717, 1.165) is 30.0 Å². The van der Waals surface area contributed by atoms with Crippen molar-refractivity contribution >= 4 is 6.03 Å². The van der Waals surface area contributed by atoms with Crippen LogP contribution in [0.25, 0.3) is 0 Å². The molecule has 0 spiro atoms. The normalized spacial score (nSPS) is 14.1. The van der Waals surface area contributed by atoms with Gasteiger partial charge in [-0.25, -0.2) is 4.79 Å². The smallest absolute Gasteiger partial charge is 0.320 e. The van der Waals surface area contributed by atoms with Crippen molar-refractivity contribution in [2.75, 3.05) is 33.9 Å². The highest BCUT2D eigenvalue weighted by Crippen LogP contribution is 2.23. The highest BCUT2D eigenvalue weighted by atomic mass is 16.5. The van der Waals surface area contributed by atoms with Crippen LogP contribution in [-0.4, -0.2) is 54.8 Å². The van der Waals surface area contributed by atoms with E-state index in [9.17, 15) is 4.79 Å². The van der Waals surface area contributed by atoms with Crippen LogP contribution in [0.4, 0.5) is 4.79 Å². The van der Waals surface area contributed by atoms with Crippen molar-refractivity contribution in [1.29, 1.82) is 0 Å². The van der Waals surface area contributed by atoms with Gasteiger partial charge in [-0.3, -0.25) is 0 Å². The number of aliphatic hydroxyl groups is 1. The van der Waals surface area contributed by atoms with Gasteiger partial charge in [0, 0.05) is 37.7 Å². The van der Waals surface area contributed by atoms with E-state index in [1.54, 1.807) is 24.0 Å². The maximum Gasteiger partial charge on any atom is 0.320 e. The standard InChI is InChI=1S/C16H20N2O3/c1-17-8-9-18(16(17)20)12-14-11-13(5-3-4-10-19)6-7-15(14)21-2/h6-7,11,19H,4,8-10,12H2,1-2H3. The first kappa shape index (κ1) is 15.2. The van der Waals surface area contributed by atoms with Gasteiger partial charge >= 0.3 is 6.03 Å². The second-order valence-corrected chi connectivity index (χ2v) is 4.93. The molecule has 1 aromatic carbocycles. The van der Waals surface area contributed by atoms with Crippen molar-refractivity contribution in [3.63, 3.8) is 0 Å². The Hall–Kier alpha value is -2.19. The lowest BCUT2D eigenvalue weighted by molar-refractivity contribution is 0.196. The van der Waals surface area contributed by atoms with Crippen molar-refractivity contribution in [2.24, 2.45) is 0 Å². The summed E-state index contributed by atoms with van der Waals surface area (Å²) in [7, 11) is 3.42. The summed E-state index contributed by atoms with van der Waals surface area (Å²) in [6, 6.07) is 5.72. The Kier molecular flexibility index (Phi) is 5.07. The molecule has 1 saturated heterocycles. The minimum atomic E-state index is 0.0359. The molecule has 5 nitrogen and oxygen atoms in total. The summed E-state index contributed by atoms with van der Waals surface area (Å²) < 4.78 is 5.36. The van der Waals surface area contributed by atoms with Gasteiger partial charge in [-0.05, 0) is 18.2 Å². The van der Waals surface area contributed by atoms with Crippen molar-refractivity contribution in [1.82, 2.24) is 9.80 Å². The van der Waals surface area contributed by atoms with Gasteiger partial charge in [0.05, 0.1) is 20.3 Å². The highest BCUT2D eigenvalue weighted by molar-refractivity contribution is 5.76. The highest BCUT2D eigenvalue weighted by Gasteiger charge is 2.25. The molecule has 0 bridgehead atoms. The minimum absolute atomic E-state index is 0.0359. The van der Waals surface area contributed by atoms with Crippen LogP contribution >= 0.6 is 0 Å². The monoisotopic (exact) mass is 288 g/mol. The Morgan fingerprint density at radius 3 is 2.81 bits per heavy atom. The SMILES string of the molecule is COc1ccc(C#CCCO)cc1CN1CCN(C)C1=O. The lowest BCUT2D eigenvalue weighted by Gasteiger charge is -2.18. The van der Waals surface area contributed by atoms with Crippen molar-refractivity contribution in [2.45, 2.75) is 13.0 Å². The number of amides is 2. The lowest BCUT2D eigenvalue weighted by atomic mass is 10.1. The van der Waals surface area contributed by atoms with E-state index in [1.165, 1.54) is 0 Å². The molecule has 2 amide bonds. The molecule has 1 aromatic rings. The third-order valence-corrected chi connectivity index (χ3v) is 3.41. The maximum absolute atomic E-state index is 12.0. The molecule has 0 radical (unpaired) electrons. The minimum Gasteiger partial charge on any atom is -0.496 e. The molecule has 1 fully saturated rings. The quantitative estimate of drug-likeness (QED) is 0.850. The van der Waals surface area contributed by atoms with Crippen LogP contribution in [0.15, 0.2) is 18.2 Å². The molecule has 0 aliphatic carbocycles. The van der Waals surface area contributed by atoms with Crippen molar-refractivity contribution in [3.05, 3.63) is 29.3 Å². The van der Waals surface area contributed by atoms with E-state index in [1.807, 2.05) is 18.2 Å². The first-order valence-electron chi connectivity index (χ1n) is 6.92. The van der Waals surface area contributed by atoms with Gasteiger partial charge in [-0.2, -0.15) is 0 Å². The molecule has 1 heterocycles. The molecule has 0 unspecified atom stereocenters. The number of methoxy groups -OCH3 is 1. The molecule has 0 aromatic heterocycles. The molecule has 5 heteroatoms. The van der Waals surface area contributed by atoms with E-state index < -0.39 is 0 Å². The van der Waals surface area contributed by atoms with Crippen LogP contribution in [0.2, 0.25) is 0 Å². The maximum atomic E-state index is 12.0. The molecule has 0 saturated carbocycles. The zero-order valence-electron chi connectivity index (χ0n) is 12.4. The van der Waals surface area contributed by atoms with Gasteiger partial charge in [0.25, 0.3) is 0 Å². The first-order chi connectivity index (χ1) is 10.2. The van der Waals surface area contributed by atoms with E-state index in [4.69, 9.17) is 9.84 Å². The van der Waals surface area contributed by atoms with Crippen LogP contribution in [0.3, 0.4) is 0 Å². The number of hydrogen-bond acceptors (Lipinski definition) is 3. The summed E-state index contributed by atoms with van der Waals surface area (Å²) >= 11 is 0. The Balaban J connectivity index is 2.18. The van der Waals surface area contributed by atoms with Gasteiger partial charge in [0.1, 0.15) is 5.75 Å². The molecule has 2 rings (SSSR count). The van der Waals surface area contributed by atoms with Gasteiger partial charge < -0.3 is 19.6 Å². The molecule has 0 atom stereocenters. The molecule has 1 N–H and O–H groups in total. The number of rotatable bonds is 4. The number of carbonyl (C=O) groups is 1. The lowest BCUT2D eigenvalue weighted by Crippen LogP contribution is -2.29. The van der Waals surface area contributed by atoms with E-state index in [-0.39, 0.29) is 12.6 Å². The summed E-state index contributed by atoms with van der Waals surface area (Å²) in [5.74, 6) is 6.65. The second-order valence-electron chi connectivity index (χ2n) is 4.93. The number of benzene rings is 1. The van der Waals surface area contributed by atoms with Crippen molar-refractivity contribution in [3.8, 4) is 17.6 Å². The first-order valence-corrected chi connectivity index (χ1v) is 6.92. The predicted octanol–water partition coefficient (Wildman–Crippen LogP) is 1.30. The third kappa shape index (κ3) is 3.67. The van der Waals surface area contributed by atoms with Crippen molar-refractivity contribution < 1.29 is 14.6 Å². The van der Waals surface area contributed by atoms with Gasteiger partial charge in [0.2, 0.25) is 0 Å². The molecular weight excluding hydrogens is 268 g/mol.